The number of hydrogen-bond acceptors (Lipinski definition) is 12. The monoisotopic (exact) mass is 884 g/mol. The largest absolute Gasteiger partial charge is 0.465 e. The molecule has 4 rings (SSSR count). The zero-order chi connectivity index (χ0) is 48.1. The number of aryl methyl sites for hydroxylation is 2. The quantitative estimate of drug-likeness (QED) is 0.101. The highest BCUT2D eigenvalue weighted by atomic mass is 19.1. The highest BCUT2D eigenvalue weighted by Crippen LogP contribution is 2.33. The van der Waals surface area contributed by atoms with Crippen molar-refractivity contribution >= 4 is 23.6 Å². The van der Waals surface area contributed by atoms with Crippen LogP contribution >= 0.6 is 0 Å². The van der Waals surface area contributed by atoms with Crippen LogP contribution in [-0.2, 0) is 35.2 Å². The van der Waals surface area contributed by atoms with Gasteiger partial charge in [0, 0.05) is 74.7 Å². The van der Waals surface area contributed by atoms with Gasteiger partial charge >= 0.3 is 12.1 Å². The molecular formula is C47H74FN7O8. The molecule has 2 fully saturated rings. The SMILES string of the molecule is C#C.CC.CC#N.CCN1C[C@H](N(CCCCn2cc(-c3ccc(F)nc3)nc2C)C(=O)O)[C@@H](C)C(=O)[C@H](C)C[C@H](C)[C@H](O[C@H]2C[C@@H](N(C)C)C[C@@H](C)O2)[C@@H](C)C(=O)[C@@H](C)C(=O)O1. The van der Waals surface area contributed by atoms with Gasteiger partial charge in [0.15, 0.2) is 12.1 Å². The van der Waals surface area contributed by atoms with E-state index < -0.39 is 60.1 Å². The van der Waals surface area contributed by atoms with Crippen molar-refractivity contribution in [1.29, 1.82) is 5.26 Å². The fourth-order valence-electron chi connectivity index (χ4n) is 8.16. The van der Waals surface area contributed by atoms with E-state index in [0.717, 1.165) is 12.2 Å². The van der Waals surface area contributed by atoms with Crippen LogP contribution in [0.15, 0.2) is 24.5 Å². The normalized spacial score (nSPS) is 27.1. The van der Waals surface area contributed by atoms with Gasteiger partial charge in [-0.1, -0.05) is 41.5 Å². The molecule has 2 aromatic heterocycles. The Morgan fingerprint density at radius 1 is 1.03 bits per heavy atom. The fourth-order valence-corrected chi connectivity index (χ4v) is 8.16. The number of hydrogen-bond donors (Lipinski definition) is 1. The first kappa shape index (κ1) is 56.3. The lowest BCUT2D eigenvalue weighted by Gasteiger charge is -2.41. The second kappa shape index (κ2) is 28.1. The van der Waals surface area contributed by atoms with Crippen molar-refractivity contribution in [1.82, 2.24) is 29.4 Å². The Balaban J connectivity index is 0.00000268. The van der Waals surface area contributed by atoms with Crippen molar-refractivity contribution < 1.29 is 43.0 Å². The summed E-state index contributed by atoms with van der Waals surface area (Å²) >= 11 is 0. The van der Waals surface area contributed by atoms with Gasteiger partial charge in [0.2, 0.25) is 5.95 Å². The number of nitrogens with zero attached hydrogens (tertiary/aromatic N) is 7. The molecule has 10 atom stereocenters. The lowest BCUT2D eigenvalue weighted by atomic mass is 9.78. The van der Waals surface area contributed by atoms with Gasteiger partial charge in [-0.25, -0.2) is 19.6 Å². The van der Waals surface area contributed by atoms with E-state index in [0.29, 0.717) is 43.5 Å². The zero-order valence-electron chi connectivity index (χ0n) is 39.9. The molecule has 1 N–H and O–H groups in total. The van der Waals surface area contributed by atoms with Crippen LogP contribution < -0.4 is 0 Å². The topological polar surface area (TPSA) is 180 Å². The first-order valence-corrected chi connectivity index (χ1v) is 22.1. The molecule has 4 heterocycles. The number of carbonyl (C=O) groups is 4. The first-order valence-electron chi connectivity index (χ1n) is 22.1. The van der Waals surface area contributed by atoms with Crippen molar-refractivity contribution in [3.63, 3.8) is 0 Å². The summed E-state index contributed by atoms with van der Waals surface area (Å²) < 4.78 is 28.2. The van der Waals surface area contributed by atoms with Crippen molar-refractivity contribution in [2.75, 3.05) is 33.7 Å². The van der Waals surface area contributed by atoms with E-state index in [-0.39, 0.29) is 49.3 Å². The number of amides is 1. The minimum Gasteiger partial charge on any atom is -0.465 e. The van der Waals surface area contributed by atoms with E-state index in [9.17, 15) is 28.7 Å². The van der Waals surface area contributed by atoms with Gasteiger partial charge in [0.1, 0.15) is 17.5 Å². The molecule has 2 aliphatic rings. The van der Waals surface area contributed by atoms with Crippen LogP contribution in [0.25, 0.3) is 11.3 Å². The highest BCUT2D eigenvalue weighted by Gasteiger charge is 2.42. The third-order valence-corrected chi connectivity index (χ3v) is 11.7. The summed E-state index contributed by atoms with van der Waals surface area (Å²) in [6.45, 7) is 20.7. The van der Waals surface area contributed by atoms with Gasteiger partial charge in [-0.15, -0.1) is 17.9 Å². The number of aromatic nitrogens is 3. The summed E-state index contributed by atoms with van der Waals surface area (Å²) in [6, 6.07) is 4.02. The van der Waals surface area contributed by atoms with Gasteiger partial charge in [0.25, 0.3) is 0 Å². The Labute approximate surface area is 375 Å². The average molecular weight is 884 g/mol. The maximum atomic E-state index is 14.3. The Morgan fingerprint density at radius 3 is 2.22 bits per heavy atom. The maximum absolute atomic E-state index is 14.3. The number of imidazole rings is 1. The molecule has 2 saturated heterocycles. The number of likely N-dealkylation sites (N-methyl/N-ethyl adjacent to an activating group) is 1. The van der Waals surface area contributed by atoms with E-state index in [4.69, 9.17) is 19.6 Å². The number of ether oxygens (including phenoxy) is 2. The van der Waals surface area contributed by atoms with Gasteiger partial charge in [0.05, 0.1) is 36.6 Å². The molecule has 2 aliphatic heterocycles. The molecule has 63 heavy (non-hydrogen) atoms. The molecule has 2 aromatic rings. The maximum Gasteiger partial charge on any atom is 0.407 e. The Hall–Kier alpha value is -4.74. The average Bonchev–Trinajstić information content (AvgIpc) is 3.63. The number of Topliss-reactive ketones (excluding diaryl/α,β-unsaturated/α-hetero) is 2. The zero-order valence-corrected chi connectivity index (χ0v) is 39.9. The smallest absolute Gasteiger partial charge is 0.407 e. The molecule has 1 amide bonds. The molecule has 0 saturated carbocycles. The molecular weight excluding hydrogens is 810 g/mol. The van der Waals surface area contributed by atoms with Crippen LogP contribution in [0.2, 0.25) is 0 Å². The van der Waals surface area contributed by atoms with Crippen molar-refractivity contribution in [2.45, 2.75) is 145 Å². The Bertz CT molecular complexity index is 1780. The molecule has 15 nitrogen and oxygen atoms in total. The minimum atomic E-state index is -1.19. The van der Waals surface area contributed by atoms with Crippen molar-refractivity contribution in [2.24, 2.45) is 29.6 Å². The summed E-state index contributed by atoms with van der Waals surface area (Å²) in [5.74, 6) is -4.34. The third kappa shape index (κ3) is 16.7. The van der Waals surface area contributed by atoms with Crippen LogP contribution in [0.5, 0.6) is 0 Å². The Morgan fingerprint density at radius 2 is 1.67 bits per heavy atom. The van der Waals surface area contributed by atoms with Crippen LogP contribution in [0.4, 0.5) is 9.18 Å². The number of terminal acetylenes is 1. The molecule has 0 aromatic carbocycles. The van der Waals surface area contributed by atoms with Gasteiger partial charge in [-0.3, -0.25) is 9.59 Å². The lowest BCUT2D eigenvalue weighted by Crippen LogP contribution is -2.53. The number of nitriles is 1. The van der Waals surface area contributed by atoms with Crippen molar-refractivity contribution in [3.05, 3.63) is 36.3 Å². The second-order valence-electron chi connectivity index (χ2n) is 16.4. The molecule has 0 spiro atoms. The summed E-state index contributed by atoms with van der Waals surface area (Å²) in [7, 11) is 4.04. The van der Waals surface area contributed by atoms with E-state index in [1.54, 1.807) is 32.9 Å². The lowest BCUT2D eigenvalue weighted by molar-refractivity contribution is -0.237. The number of halogens is 1. The predicted molar refractivity (Wildman–Crippen MR) is 240 cm³/mol. The van der Waals surface area contributed by atoms with E-state index in [2.05, 4.69) is 27.7 Å². The van der Waals surface area contributed by atoms with Crippen LogP contribution in [0.1, 0.15) is 107 Å². The molecule has 0 bridgehead atoms. The molecule has 16 heteroatoms. The standard InChI is InChI=1S/C41H63FN6O8.C2H3N.C2H6.C2H2/c1-11-47-23-34(48(41(52)53)17-13-12-16-46-22-33(44-30(46)8)31-14-15-35(42)43-21-31)27(5)37(49)24(2)18-25(3)39(28(6)38(50)29(7)40(51)56-47)55-36-20-32(45(9)10)19-26(4)54-36;1-2-3;2*1-2/h14-15,21-22,24-29,32,34,36,39H,11-13,16-20,23H2,1-10H3,(H,52,53);1H3;1-2H3;1-2H/t24-,25+,26-,27-,28+,29-,32+,34+,36+,39+;;;/m1.../s1. The van der Waals surface area contributed by atoms with Gasteiger partial charge in [-0.05, 0) is 85.5 Å². The van der Waals surface area contributed by atoms with Crippen LogP contribution in [0, 0.1) is 66.6 Å². The highest BCUT2D eigenvalue weighted by molar-refractivity contribution is 5.99. The van der Waals surface area contributed by atoms with E-state index >= 15 is 0 Å². The molecule has 0 unspecified atom stereocenters. The van der Waals surface area contributed by atoms with Crippen LogP contribution in [0.3, 0.4) is 0 Å². The number of carbonyl (C=O) groups excluding carboxylic acids is 3. The third-order valence-electron chi connectivity index (χ3n) is 11.7. The molecule has 352 valence electrons. The van der Waals surface area contributed by atoms with Crippen molar-refractivity contribution in [3.8, 4) is 30.2 Å². The summed E-state index contributed by atoms with van der Waals surface area (Å²) in [6.07, 6.45) is 11.7. The number of carboxylic acid groups (broad SMARTS) is 1. The van der Waals surface area contributed by atoms with Crippen LogP contribution in [-0.4, -0.2) is 122 Å². The van der Waals surface area contributed by atoms with E-state index in [1.165, 1.54) is 36.1 Å². The first-order chi connectivity index (χ1) is 29.8. The summed E-state index contributed by atoms with van der Waals surface area (Å²) in [5.41, 5.74) is 1.34. The van der Waals surface area contributed by atoms with E-state index in [1.807, 2.05) is 66.4 Å². The number of unbranched alkanes of at least 4 members (excludes halogenated alkanes) is 1. The number of rotatable bonds is 11. The molecule has 0 radical (unpaired) electrons. The predicted octanol–water partition coefficient (Wildman–Crippen LogP) is 7.67. The number of hydroxylamine groups is 2. The Kier molecular flexibility index (Phi) is 25.1. The number of ketones is 2. The molecule has 0 aliphatic carbocycles. The fraction of sp³-hybridized carbons (Fsp3) is 0.681. The minimum absolute atomic E-state index is 0.0497. The number of pyridine rings is 1. The van der Waals surface area contributed by atoms with Gasteiger partial charge in [-0.2, -0.15) is 9.65 Å². The summed E-state index contributed by atoms with van der Waals surface area (Å²) in [5, 5.41) is 19.2. The van der Waals surface area contributed by atoms with Gasteiger partial charge < -0.3 is 33.8 Å². The second-order valence-corrected chi connectivity index (χ2v) is 16.4. The summed E-state index contributed by atoms with van der Waals surface area (Å²) in [4.78, 5) is 72.2.